The number of nitrogens with zero attached hydrogens (tertiary/aromatic N) is 2. The fraction of sp³-hybridized carbons (Fsp3) is 0.364. The van der Waals surface area contributed by atoms with Gasteiger partial charge in [0.05, 0.1) is 5.02 Å². The number of hydrogen-bond donors (Lipinski definition) is 1. The van der Waals surface area contributed by atoms with Crippen LogP contribution in [0.2, 0.25) is 5.02 Å². The van der Waals surface area contributed by atoms with Gasteiger partial charge in [-0.3, -0.25) is 14.5 Å². The highest BCUT2D eigenvalue weighted by Gasteiger charge is 2.31. The summed E-state index contributed by atoms with van der Waals surface area (Å²) in [6.07, 6.45) is 2.37. The van der Waals surface area contributed by atoms with Gasteiger partial charge in [0.15, 0.2) is 0 Å². The van der Waals surface area contributed by atoms with E-state index in [0.29, 0.717) is 23.7 Å². The largest absolute Gasteiger partial charge is 0.358 e. The molecule has 0 radical (unpaired) electrons. The van der Waals surface area contributed by atoms with Crippen molar-refractivity contribution in [2.24, 2.45) is 0 Å². The molecule has 0 spiro atoms. The minimum absolute atomic E-state index is 0.142. The SMILES string of the molecule is CN1C(=O)CCC(Nc2ccc(Cl)cn2)C1=O. The van der Waals surface area contributed by atoms with Gasteiger partial charge in [0.25, 0.3) is 5.91 Å². The van der Waals surface area contributed by atoms with E-state index in [2.05, 4.69) is 10.3 Å². The number of amides is 2. The van der Waals surface area contributed by atoms with Crippen molar-refractivity contribution in [3.05, 3.63) is 23.4 Å². The van der Waals surface area contributed by atoms with Crippen LogP contribution in [-0.2, 0) is 9.59 Å². The van der Waals surface area contributed by atoms with Gasteiger partial charge >= 0.3 is 0 Å². The maximum atomic E-state index is 11.8. The first-order valence-corrected chi connectivity index (χ1v) is 5.64. The molecule has 1 saturated heterocycles. The Morgan fingerprint density at radius 1 is 1.47 bits per heavy atom. The number of rotatable bonds is 2. The third kappa shape index (κ3) is 2.55. The monoisotopic (exact) mass is 253 g/mol. The summed E-state index contributed by atoms with van der Waals surface area (Å²) in [5.74, 6) is 0.214. The maximum absolute atomic E-state index is 11.8. The summed E-state index contributed by atoms with van der Waals surface area (Å²) in [7, 11) is 1.49. The minimum atomic E-state index is -0.397. The summed E-state index contributed by atoms with van der Waals surface area (Å²) < 4.78 is 0. The second kappa shape index (κ2) is 4.71. The van der Waals surface area contributed by atoms with Crippen LogP contribution in [0.1, 0.15) is 12.8 Å². The molecule has 6 heteroatoms. The van der Waals surface area contributed by atoms with E-state index in [4.69, 9.17) is 11.6 Å². The van der Waals surface area contributed by atoms with Crippen molar-refractivity contribution in [3.8, 4) is 0 Å². The summed E-state index contributed by atoms with van der Waals surface area (Å²) in [4.78, 5) is 28.3. The average molecular weight is 254 g/mol. The van der Waals surface area contributed by atoms with E-state index < -0.39 is 6.04 Å². The zero-order valence-electron chi connectivity index (χ0n) is 9.31. The topological polar surface area (TPSA) is 62.3 Å². The molecule has 5 nitrogen and oxygen atoms in total. The normalized spacial score (nSPS) is 20.6. The summed E-state index contributed by atoms with van der Waals surface area (Å²) in [5.41, 5.74) is 0. The van der Waals surface area contributed by atoms with Crippen LogP contribution in [0.4, 0.5) is 5.82 Å². The number of piperidine rings is 1. The van der Waals surface area contributed by atoms with Gasteiger partial charge in [-0.05, 0) is 18.6 Å². The number of anilines is 1. The molecular weight excluding hydrogens is 242 g/mol. The number of imide groups is 1. The van der Waals surface area contributed by atoms with Crippen molar-refractivity contribution in [2.75, 3.05) is 12.4 Å². The van der Waals surface area contributed by atoms with Gasteiger partial charge < -0.3 is 5.32 Å². The van der Waals surface area contributed by atoms with E-state index in [1.54, 1.807) is 12.1 Å². The zero-order valence-corrected chi connectivity index (χ0v) is 10.1. The number of hydrogen-bond acceptors (Lipinski definition) is 4. The molecule has 0 aliphatic carbocycles. The van der Waals surface area contributed by atoms with E-state index in [9.17, 15) is 9.59 Å². The quantitative estimate of drug-likeness (QED) is 0.807. The summed E-state index contributed by atoms with van der Waals surface area (Å²) >= 11 is 5.72. The summed E-state index contributed by atoms with van der Waals surface area (Å²) in [6, 6.07) is 3.00. The Labute approximate surface area is 104 Å². The lowest BCUT2D eigenvalue weighted by atomic mass is 10.0. The van der Waals surface area contributed by atoms with E-state index >= 15 is 0 Å². The van der Waals surface area contributed by atoms with Crippen LogP contribution in [0.25, 0.3) is 0 Å². The molecule has 0 bridgehead atoms. The molecule has 2 heterocycles. The van der Waals surface area contributed by atoms with Crippen LogP contribution in [0.5, 0.6) is 0 Å². The fourth-order valence-electron chi connectivity index (χ4n) is 1.69. The lowest BCUT2D eigenvalue weighted by Gasteiger charge is -2.28. The summed E-state index contributed by atoms with van der Waals surface area (Å²) in [6.45, 7) is 0. The second-order valence-corrected chi connectivity index (χ2v) is 4.32. The van der Waals surface area contributed by atoms with Crippen LogP contribution in [0.3, 0.4) is 0 Å². The summed E-state index contributed by atoms with van der Waals surface area (Å²) in [5, 5.41) is 3.54. The first-order valence-electron chi connectivity index (χ1n) is 5.26. The number of halogens is 1. The smallest absolute Gasteiger partial charge is 0.251 e. The Hall–Kier alpha value is -1.62. The van der Waals surface area contributed by atoms with Crippen LogP contribution < -0.4 is 5.32 Å². The van der Waals surface area contributed by atoms with Gasteiger partial charge in [0.2, 0.25) is 5.91 Å². The van der Waals surface area contributed by atoms with E-state index in [0.717, 1.165) is 4.90 Å². The third-order valence-corrected chi connectivity index (χ3v) is 2.92. The van der Waals surface area contributed by atoms with Crippen molar-refractivity contribution in [1.29, 1.82) is 0 Å². The molecule has 1 N–H and O–H groups in total. The van der Waals surface area contributed by atoms with Gasteiger partial charge in [-0.2, -0.15) is 0 Å². The Bertz CT molecular complexity index is 447. The van der Waals surface area contributed by atoms with Crippen LogP contribution in [-0.4, -0.2) is 34.8 Å². The predicted molar refractivity (Wildman–Crippen MR) is 63.7 cm³/mol. The number of likely N-dealkylation sites (N-methyl/N-ethyl adjacent to an activating group) is 1. The molecule has 1 aromatic heterocycles. The van der Waals surface area contributed by atoms with Crippen molar-refractivity contribution in [1.82, 2.24) is 9.88 Å². The molecule has 1 atom stereocenters. The van der Waals surface area contributed by atoms with Gasteiger partial charge in [-0.25, -0.2) is 4.98 Å². The molecule has 0 saturated carbocycles. The molecule has 0 aromatic carbocycles. The van der Waals surface area contributed by atoms with Gasteiger partial charge in [0, 0.05) is 19.7 Å². The standard InChI is InChI=1S/C11H12ClN3O2/c1-15-10(16)5-3-8(11(15)17)14-9-4-2-7(12)6-13-9/h2,4,6,8H,3,5H2,1H3,(H,13,14). The van der Waals surface area contributed by atoms with Crippen LogP contribution in [0, 0.1) is 0 Å². The molecule has 1 aliphatic heterocycles. The Balaban J connectivity index is 2.06. The molecule has 17 heavy (non-hydrogen) atoms. The minimum Gasteiger partial charge on any atom is -0.358 e. The number of aromatic nitrogens is 1. The predicted octanol–water partition coefficient (Wildman–Crippen LogP) is 1.29. The maximum Gasteiger partial charge on any atom is 0.251 e. The lowest BCUT2D eigenvalue weighted by Crippen LogP contribution is -2.48. The molecule has 1 fully saturated rings. The molecule has 2 amide bonds. The molecule has 2 rings (SSSR count). The first kappa shape index (κ1) is 11.9. The number of carbonyl (C=O) groups is 2. The molecule has 90 valence electrons. The van der Waals surface area contributed by atoms with Gasteiger partial charge in [-0.1, -0.05) is 11.6 Å². The number of pyridine rings is 1. The second-order valence-electron chi connectivity index (χ2n) is 3.89. The Kier molecular flexibility index (Phi) is 3.28. The first-order chi connectivity index (χ1) is 8.08. The van der Waals surface area contributed by atoms with E-state index in [1.165, 1.54) is 13.2 Å². The Morgan fingerprint density at radius 2 is 2.24 bits per heavy atom. The van der Waals surface area contributed by atoms with Crippen molar-refractivity contribution in [3.63, 3.8) is 0 Å². The lowest BCUT2D eigenvalue weighted by molar-refractivity contribution is -0.146. The van der Waals surface area contributed by atoms with E-state index in [1.807, 2.05) is 0 Å². The van der Waals surface area contributed by atoms with Crippen molar-refractivity contribution >= 4 is 29.2 Å². The zero-order chi connectivity index (χ0) is 12.4. The fourth-order valence-corrected chi connectivity index (χ4v) is 1.80. The highest BCUT2D eigenvalue weighted by Crippen LogP contribution is 2.17. The number of nitrogens with one attached hydrogen (secondary N) is 1. The van der Waals surface area contributed by atoms with Crippen LogP contribution >= 0.6 is 11.6 Å². The van der Waals surface area contributed by atoms with Gasteiger partial charge in [0.1, 0.15) is 11.9 Å². The molecule has 1 aliphatic rings. The van der Waals surface area contributed by atoms with Crippen molar-refractivity contribution < 1.29 is 9.59 Å². The van der Waals surface area contributed by atoms with Crippen LogP contribution in [0.15, 0.2) is 18.3 Å². The Morgan fingerprint density at radius 3 is 2.88 bits per heavy atom. The number of carbonyl (C=O) groups excluding carboxylic acids is 2. The highest BCUT2D eigenvalue weighted by molar-refractivity contribution is 6.30. The molecule has 1 unspecified atom stereocenters. The number of likely N-dealkylation sites (tertiary alicyclic amines) is 1. The molecule has 1 aromatic rings. The van der Waals surface area contributed by atoms with Crippen molar-refractivity contribution in [2.45, 2.75) is 18.9 Å². The van der Waals surface area contributed by atoms with E-state index in [-0.39, 0.29) is 11.8 Å². The highest BCUT2D eigenvalue weighted by atomic mass is 35.5. The molecular formula is C11H12ClN3O2. The van der Waals surface area contributed by atoms with Gasteiger partial charge in [-0.15, -0.1) is 0 Å². The third-order valence-electron chi connectivity index (χ3n) is 2.70. The average Bonchev–Trinajstić information content (AvgIpc) is 2.33.